The predicted octanol–water partition coefficient (Wildman–Crippen LogP) is 2.46. The van der Waals surface area contributed by atoms with Crippen LogP contribution in [0.25, 0.3) is 0 Å². The molecule has 0 saturated carbocycles. The van der Waals surface area contributed by atoms with E-state index in [0.717, 1.165) is 63.5 Å². The summed E-state index contributed by atoms with van der Waals surface area (Å²) in [5.41, 5.74) is 2.38. The number of carbonyl (C=O) groups excluding carboxylic acids is 2. The minimum Gasteiger partial charge on any atom is -0.464 e. The Morgan fingerprint density at radius 1 is 0.711 bits per heavy atom. The molecule has 10 nitrogen and oxygen atoms in total. The Hall–Kier alpha value is -2.92. The number of methoxy groups -OCH3 is 2. The van der Waals surface area contributed by atoms with E-state index in [1.54, 1.807) is 12.1 Å². The first-order valence-electron chi connectivity index (χ1n) is 13.5. The van der Waals surface area contributed by atoms with Crippen LogP contribution >= 0.6 is 0 Å². The second kappa shape index (κ2) is 13.2. The van der Waals surface area contributed by atoms with Crippen LogP contribution in [0.1, 0.15) is 59.1 Å². The Balaban J connectivity index is 1.63. The molecule has 206 valence electrons. The van der Waals surface area contributed by atoms with E-state index in [9.17, 15) is 9.59 Å². The van der Waals surface area contributed by atoms with Crippen LogP contribution in [0.2, 0.25) is 0 Å². The summed E-state index contributed by atoms with van der Waals surface area (Å²) in [5.74, 6) is -0.841. The van der Waals surface area contributed by atoms with Gasteiger partial charge in [-0.15, -0.1) is 0 Å². The zero-order chi connectivity index (χ0) is 27.1. The van der Waals surface area contributed by atoms with Gasteiger partial charge in [0, 0.05) is 39.3 Å². The summed E-state index contributed by atoms with van der Waals surface area (Å²) >= 11 is 0. The highest BCUT2D eigenvalue weighted by Crippen LogP contribution is 2.30. The topological polar surface area (TPSA) is 91.3 Å². The zero-order valence-electron chi connectivity index (χ0n) is 23.0. The van der Waals surface area contributed by atoms with Gasteiger partial charge < -0.3 is 9.47 Å². The first kappa shape index (κ1) is 28.1. The maximum atomic E-state index is 12.1. The molecule has 10 heteroatoms. The third-order valence-corrected chi connectivity index (χ3v) is 7.27. The Bertz CT molecular complexity index is 1010. The molecule has 4 heterocycles. The summed E-state index contributed by atoms with van der Waals surface area (Å²) in [6, 6.07) is 11.1. The molecule has 2 fully saturated rings. The molecule has 4 rings (SSSR count). The van der Waals surface area contributed by atoms with E-state index in [1.807, 2.05) is 24.3 Å². The fraction of sp³-hybridized carbons (Fsp3) is 0.571. The lowest BCUT2D eigenvalue weighted by Gasteiger charge is -2.58. The fourth-order valence-corrected chi connectivity index (χ4v) is 5.65. The van der Waals surface area contributed by atoms with Gasteiger partial charge in [-0.2, -0.15) is 0 Å². The van der Waals surface area contributed by atoms with Crippen molar-refractivity contribution in [2.75, 3.05) is 53.5 Å². The summed E-state index contributed by atoms with van der Waals surface area (Å²) in [4.78, 5) is 43.6. The van der Waals surface area contributed by atoms with Crippen molar-refractivity contribution >= 4 is 11.9 Å². The number of carbonyl (C=O) groups is 2. The number of piperazine rings is 2. The number of pyridine rings is 2. The molecule has 0 aliphatic carbocycles. The van der Waals surface area contributed by atoms with Gasteiger partial charge in [0.15, 0.2) is 0 Å². The van der Waals surface area contributed by atoms with Crippen molar-refractivity contribution in [2.45, 2.75) is 52.1 Å². The van der Waals surface area contributed by atoms with Gasteiger partial charge >= 0.3 is 11.9 Å². The first-order chi connectivity index (χ1) is 18.5. The molecule has 2 aromatic heterocycles. The highest BCUT2D eigenvalue weighted by molar-refractivity contribution is 5.87. The fourth-order valence-electron chi connectivity index (χ4n) is 5.65. The van der Waals surface area contributed by atoms with Crippen LogP contribution in [-0.2, 0) is 22.6 Å². The average molecular weight is 525 g/mol. The molecule has 0 amide bonds. The number of esters is 2. The van der Waals surface area contributed by atoms with Crippen LogP contribution in [-0.4, -0.2) is 107 Å². The van der Waals surface area contributed by atoms with Crippen LogP contribution in [0.4, 0.5) is 0 Å². The van der Waals surface area contributed by atoms with Crippen molar-refractivity contribution in [1.29, 1.82) is 0 Å². The van der Waals surface area contributed by atoms with Gasteiger partial charge in [-0.05, 0) is 50.2 Å². The molecule has 2 unspecified atom stereocenters. The summed E-state index contributed by atoms with van der Waals surface area (Å²) < 4.78 is 9.77. The van der Waals surface area contributed by atoms with Crippen LogP contribution in [0.3, 0.4) is 0 Å². The summed E-state index contributed by atoms with van der Waals surface area (Å²) in [6.45, 7) is 11.5. The van der Waals surface area contributed by atoms with Gasteiger partial charge in [-0.3, -0.25) is 19.6 Å². The van der Waals surface area contributed by atoms with Crippen LogP contribution in [0.5, 0.6) is 0 Å². The lowest BCUT2D eigenvalue weighted by Crippen LogP contribution is -2.73. The largest absolute Gasteiger partial charge is 0.464 e. The Morgan fingerprint density at radius 2 is 1.11 bits per heavy atom. The van der Waals surface area contributed by atoms with Gasteiger partial charge in [0.2, 0.25) is 0 Å². The number of hydrogen-bond donors (Lipinski definition) is 0. The minimum atomic E-state index is -0.421. The van der Waals surface area contributed by atoms with Crippen molar-refractivity contribution in [3.05, 3.63) is 59.2 Å². The molecule has 2 aliphatic heterocycles. The quantitative estimate of drug-likeness (QED) is 0.432. The maximum absolute atomic E-state index is 12.1. The van der Waals surface area contributed by atoms with E-state index in [-0.39, 0.29) is 12.3 Å². The number of aromatic nitrogens is 2. The molecule has 2 atom stereocenters. The van der Waals surface area contributed by atoms with E-state index in [2.05, 4.69) is 43.4 Å². The first-order valence-corrected chi connectivity index (χ1v) is 13.5. The summed E-state index contributed by atoms with van der Waals surface area (Å²) in [5, 5.41) is 0. The van der Waals surface area contributed by atoms with Gasteiger partial charge in [-0.25, -0.2) is 19.6 Å². The average Bonchev–Trinajstić information content (AvgIpc) is 2.94. The van der Waals surface area contributed by atoms with E-state index in [1.165, 1.54) is 14.2 Å². The Labute approximate surface area is 225 Å². The van der Waals surface area contributed by atoms with E-state index < -0.39 is 11.9 Å². The highest BCUT2D eigenvalue weighted by atomic mass is 16.5. The van der Waals surface area contributed by atoms with E-state index in [4.69, 9.17) is 9.47 Å². The highest BCUT2D eigenvalue weighted by Gasteiger charge is 2.45. The van der Waals surface area contributed by atoms with Crippen molar-refractivity contribution in [3.8, 4) is 0 Å². The Kier molecular flexibility index (Phi) is 9.79. The van der Waals surface area contributed by atoms with E-state index >= 15 is 0 Å². The van der Waals surface area contributed by atoms with Crippen molar-refractivity contribution in [3.63, 3.8) is 0 Å². The van der Waals surface area contributed by atoms with E-state index in [0.29, 0.717) is 24.5 Å². The number of rotatable bonds is 10. The Morgan fingerprint density at radius 3 is 1.47 bits per heavy atom. The monoisotopic (exact) mass is 524 g/mol. The number of ether oxygens (including phenoxy) is 2. The van der Waals surface area contributed by atoms with Gasteiger partial charge in [0.25, 0.3) is 0 Å². The molecule has 2 aromatic rings. The molecule has 0 spiro atoms. The van der Waals surface area contributed by atoms with Crippen LogP contribution in [0, 0.1) is 0 Å². The second-order valence-electron chi connectivity index (χ2n) is 9.85. The second-order valence-corrected chi connectivity index (χ2v) is 9.85. The summed E-state index contributed by atoms with van der Waals surface area (Å²) in [7, 11) is 2.76. The number of hydrogen-bond acceptors (Lipinski definition) is 10. The number of fused-ring (bicyclic) bond motifs is 1. The predicted molar refractivity (Wildman–Crippen MR) is 143 cm³/mol. The third kappa shape index (κ3) is 6.37. The SMILES string of the molecule is CCCN1CCN(Cc2cccc(C(=O)OC)n2)C2C1N(Cc1cccc(C(=O)OC)n1)CCN2CCC. The van der Waals surface area contributed by atoms with Gasteiger partial charge in [0.1, 0.15) is 11.4 Å². The lowest BCUT2D eigenvalue weighted by atomic mass is 10.1. The molecule has 0 radical (unpaired) electrons. The summed E-state index contributed by atoms with van der Waals surface area (Å²) in [6.07, 6.45) is 2.47. The van der Waals surface area contributed by atoms with Crippen molar-refractivity contribution in [1.82, 2.24) is 29.6 Å². The normalized spacial score (nSPS) is 21.2. The molecule has 2 aliphatic rings. The molecular weight excluding hydrogens is 484 g/mol. The molecule has 2 saturated heterocycles. The molecule has 0 N–H and O–H groups in total. The molecule has 0 aromatic carbocycles. The maximum Gasteiger partial charge on any atom is 0.356 e. The smallest absolute Gasteiger partial charge is 0.356 e. The molecule has 38 heavy (non-hydrogen) atoms. The molecular formula is C28H40N6O4. The third-order valence-electron chi connectivity index (χ3n) is 7.27. The van der Waals surface area contributed by atoms with Gasteiger partial charge in [0.05, 0.1) is 37.9 Å². The van der Waals surface area contributed by atoms with Gasteiger partial charge in [-0.1, -0.05) is 26.0 Å². The van der Waals surface area contributed by atoms with Crippen LogP contribution < -0.4 is 0 Å². The minimum absolute atomic E-state index is 0.163. The lowest BCUT2D eigenvalue weighted by molar-refractivity contribution is -0.158. The van der Waals surface area contributed by atoms with Crippen molar-refractivity contribution in [2.24, 2.45) is 0 Å². The van der Waals surface area contributed by atoms with Crippen molar-refractivity contribution < 1.29 is 19.1 Å². The standard InChI is InChI=1S/C28H40N6O4/c1-5-13-31-15-17-34(20-22-10-8-12-24(30-22)28(36)38-4)26-25(31)33(18-16-32(26)14-6-2)19-21-9-7-11-23(29-21)27(35)37-3/h7-12,25-26H,5-6,13-20H2,1-4H3. The number of nitrogens with zero attached hydrogens (tertiary/aromatic N) is 6. The van der Waals surface area contributed by atoms with Crippen LogP contribution in [0.15, 0.2) is 36.4 Å². The molecule has 0 bridgehead atoms. The zero-order valence-corrected chi connectivity index (χ0v) is 23.0.